The molecule has 3 aromatic heterocycles. The number of hydrogen-bond donors (Lipinski definition) is 2. The Hall–Kier alpha value is -4.01. The molecule has 4 aromatic rings. The summed E-state index contributed by atoms with van der Waals surface area (Å²) in [5.41, 5.74) is 0.773. The largest absolute Gasteiger partial charge is 0.323 e. The van der Waals surface area contributed by atoms with Crippen molar-refractivity contribution >= 4 is 33.1 Å². The van der Waals surface area contributed by atoms with Gasteiger partial charge in [-0.05, 0) is 30.9 Å². The second kappa shape index (κ2) is 9.38. The minimum Gasteiger partial charge on any atom is -0.323 e. The summed E-state index contributed by atoms with van der Waals surface area (Å²) >= 11 is 0. The quantitative estimate of drug-likeness (QED) is 0.305. The first-order valence-electron chi connectivity index (χ1n) is 11.4. The van der Waals surface area contributed by atoms with Crippen molar-refractivity contribution in [1.29, 1.82) is 0 Å². The molecule has 1 aliphatic rings. The third-order valence-electron chi connectivity index (χ3n) is 6.03. The number of nitrogens with one attached hydrogen (secondary N) is 2. The van der Waals surface area contributed by atoms with Gasteiger partial charge in [-0.25, -0.2) is 31.0 Å². The van der Waals surface area contributed by atoms with Crippen LogP contribution in [0.5, 0.6) is 0 Å². The van der Waals surface area contributed by atoms with Gasteiger partial charge >= 0.3 is 0 Å². The molecule has 3 heterocycles. The Labute approximate surface area is 214 Å². The topological polar surface area (TPSA) is 122 Å². The van der Waals surface area contributed by atoms with Gasteiger partial charge in [-0.1, -0.05) is 0 Å². The highest BCUT2D eigenvalue weighted by molar-refractivity contribution is 7.90. The van der Waals surface area contributed by atoms with E-state index in [4.69, 9.17) is 0 Å². The molecule has 38 heavy (non-hydrogen) atoms. The molecule has 0 bridgehead atoms. The van der Waals surface area contributed by atoms with Gasteiger partial charge in [-0.3, -0.25) is 9.78 Å². The summed E-state index contributed by atoms with van der Waals surface area (Å²) in [6.07, 6.45) is 3.04. The number of sulfone groups is 1. The monoisotopic (exact) mass is 550 g/mol. The third kappa shape index (κ3) is 4.92. The summed E-state index contributed by atoms with van der Waals surface area (Å²) in [4.78, 5) is 9.63. The number of aryl methyl sites for hydroxylation is 1. The molecule has 0 radical (unpaired) electrons. The van der Waals surface area contributed by atoms with Gasteiger partial charge in [0.25, 0.3) is 6.43 Å². The van der Waals surface area contributed by atoms with Gasteiger partial charge in [-0.15, -0.1) is 0 Å². The standard InChI is InChI=1S/C23H22F4N8O2S/c1-34-10-12(9-28-34)19-18(11-4-5-11)22(29-17-8-16(21(26)27)32-33-17)31-23(30-19)35(2)20-14(24)6-13(7-15(20)25)38(3,36)37/h6-11,21H,4-5H2,1-3H3,(H2,29,30,31,32,33). The van der Waals surface area contributed by atoms with Crippen LogP contribution in [0.3, 0.4) is 0 Å². The first kappa shape index (κ1) is 25.6. The molecule has 0 spiro atoms. The average molecular weight is 551 g/mol. The molecule has 1 saturated carbocycles. The lowest BCUT2D eigenvalue weighted by molar-refractivity contribution is 0.146. The molecule has 0 aliphatic heterocycles. The Kier molecular flexibility index (Phi) is 6.33. The summed E-state index contributed by atoms with van der Waals surface area (Å²) in [6.45, 7) is 0. The fraction of sp³-hybridized carbons (Fsp3) is 0.304. The number of hydrogen-bond acceptors (Lipinski definition) is 8. The van der Waals surface area contributed by atoms with Crippen molar-refractivity contribution in [2.24, 2.45) is 7.05 Å². The number of nitrogens with zero attached hydrogens (tertiary/aromatic N) is 6. The molecule has 2 N–H and O–H groups in total. The third-order valence-corrected chi connectivity index (χ3v) is 7.12. The van der Waals surface area contributed by atoms with E-state index in [0.717, 1.165) is 42.2 Å². The van der Waals surface area contributed by atoms with E-state index in [0.29, 0.717) is 16.8 Å². The first-order valence-corrected chi connectivity index (χ1v) is 13.3. The first-order chi connectivity index (χ1) is 17.9. The summed E-state index contributed by atoms with van der Waals surface area (Å²) < 4.78 is 81.5. The highest BCUT2D eigenvalue weighted by Gasteiger charge is 2.33. The van der Waals surface area contributed by atoms with Crippen molar-refractivity contribution in [2.75, 3.05) is 23.5 Å². The summed E-state index contributed by atoms with van der Waals surface area (Å²) in [6, 6.07) is 2.58. The van der Waals surface area contributed by atoms with E-state index in [-0.39, 0.29) is 23.5 Å². The molecule has 15 heteroatoms. The van der Waals surface area contributed by atoms with Crippen LogP contribution in [0.4, 0.5) is 40.8 Å². The number of anilines is 4. The lowest BCUT2D eigenvalue weighted by atomic mass is 10.1. The van der Waals surface area contributed by atoms with Crippen molar-refractivity contribution in [2.45, 2.75) is 30.1 Å². The van der Waals surface area contributed by atoms with Gasteiger partial charge in [0.2, 0.25) is 5.95 Å². The number of aromatic nitrogens is 6. The smallest absolute Gasteiger partial charge is 0.279 e. The Bertz CT molecular complexity index is 1610. The van der Waals surface area contributed by atoms with Crippen LogP contribution in [0, 0.1) is 11.6 Å². The molecule has 200 valence electrons. The van der Waals surface area contributed by atoms with E-state index in [1.807, 2.05) is 0 Å². The van der Waals surface area contributed by atoms with E-state index >= 15 is 8.78 Å². The normalized spacial score (nSPS) is 13.8. The van der Waals surface area contributed by atoms with Crippen molar-refractivity contribution < 1.29 is 26.0 Å². The number of halogens is 4. The number of alkyl halides is 2. The van der Waals surface area contributed by atoms with Crippen molar-refractivity contribution in [3.63, 3.8) is 0 Å². The molecule has 1 aromatic carbocycles. The number of benzene rings is 1. The van der Waals surface area contributed by atoms with E-state index in [1.54, 1.807) is 24.1 Å². The SMILES string of the molecule is CN(c1nc(Nc2cc(C(F)F)[nH]n2)c(C2CC2)c(-c2cnn(C)c2)n1)c1c(F)cc(S(C)(=O)=O)cc1F. The van der Waals surface area contributed by atoms with Crippen molar-refractivity contribution in [3.8, 4) is 11.3 Å². The molecule has 0 atom stereocenters. The molecule has 1 aliphatic carbocycles. The summed E-state index contributed by atoms with van der Waals surface area (Å²) in [7, 11) is -0.814. The maximum Gasteiger partial charge on any atom is 0.279 e. The van der Waals surface area contributed by atoms with Gasteiger partial charge in [0, 0.05) is 43.7 Å². The van der Waals surface area contributed by atoms with E-state index in [9.17, 15) is 17.2 Å². The zero-order valence-corrected chi connectivity index (χ0v) is 21.2. The number of aromatic amines is 1. The Morgan fingerprint density at radius 3 is 2.37 bits per heavy atom. The zero-order chi connectivity index (χ0) is 27.4. The lowest BCUT2D eigenvalue weighted by Gasteiger charge is -2.22. The van der Waals surface area contributed by atoms with Crippen LogP contribution in [0.2, 0.25) is 0 Å². The molecule has 0 unspecified atom stereocenters. The van der Waals surface area contributed by atoms with Gasteiger partial charge in [0.15, 0.2) is 27.3 Å². The summed E-state index contributed by atoms with van der Waals surface area (Å²) in [5, 5.41) is 13.3. The van der Waals surface area contributed by atoms with Crippen molar-refractivity contribution in [3.05, 3.63) is 53.5 Å². The van der Waals surface area contributed by atoms with Crippen LogP contribution in [-0.2, 0) is 16.9 Å². The Morgan fingerprint density at radius 2 is 1.84 bits per heavy atom. The minimum absolute atomic E-state index is 0.0584. The number of H-pyrrole nitrogens is 1. The van der Waals surface area contributed by atoms with Crippen LogP contribution in [0.1, 0.15) is 36.4 Å². The minimum atomic E-state index is -3.86. The van der Waals surface area contributed by atoms with Gasteiger partial charge in [-0.2, -0.15) is 15.2 Å². The molecule has 10 nitrogen and oxygen atoms in total. The fourth-order valence-corrected chi connectivity index (χ4v) is 4.67. The van der Waals surface area contributed by atoms with Crippen LogP contribution >= 0.6 is 0 Å². The number of rotatable bonds is 8. The van der Waals surface area contributed by atoms with Gasteiger partial charge < -0.3 is 10.2 Å². The molecular formula is C23H22F4N8O2S. The van der Waals surface area contributed by atoms with E-state index in [2.05, 4.69) is 30.6 Å². The Morgan fingerprint density at radius 1 is 1.16 bits per heavy atom. The van der Waals surface area contributed by atoms with Gasteiger partial charge in [0.1, 0.15) is 17.2 Å². The highest BCUT2D eigenvalue weighted by Crippen LogP contribution is 2.48. The van der Waals surface area contributed by atoms with Crippen LogP contribution in [0.25, 0.3) is 11.3 Å². The zero-order valence-electron chi connectivity index (χ0n) is 20.4. The average Bonchev–Trinajstić information content (AvgIpc) is 3.39. The predicted octanol–water partition coefficient (Wildman–Crippen LogP) is 4.61. The van der Waals surface area contributed by atoms with Gasteiger partial charge in [0.05, 0.1) is 16.8 Å². The molecule has 5 rings (SSSR count). The lowest BCUT2D eigenvalue weighted by Crippen LogP contribution is -2.19. The Balaban J connectivity index is 1.66. The van der Waals surface area contributed by atoms with Crippen molar-refractivity contribution in [1.82, 2.24) is 29.9 Å². The maximum absolute atomic E-state index is 15.0. The predicted molar refractivity (Wildman–Crippen MR) is 131 cm³/mol. The molecular weight excluding hydrogens is 528 g/mol. The second-order valence-corrected chi connectivity index (χ2v) is 11.0. The van der Waals surface area contributed by atoms with Crippen LogP contribution < -0.4 is 10.2 Å². The van der Waals surface area contributed by atoms with Crippen LogP contribution in [0.15, 0.2) is 35.5 Å². The molecule has 0 amide bonds. The fourth-order valence-electron chi connectivity index (χ4n) is 4.04. The molecule has 0 saturated heterocycles. The van der Waals surface area contributed by atoms with E-state index < -0.39 is 44.2 Å². The van der Waals surface area contributed by atoms with E-state index in [1.165, 1.54) is 7.05 Å². The second-order valence-electron chi connectivity index (χ2n) is 9.01. The van der Waals surface area contributed by atoms with Crippen LogP contribution in [-0.4, -0.2) is 51.7 Å². The summed E-state index contributed by atoms with van der Waals surface area (Å²) in [5.74, 6) is -2.04. The molecule has 1 fully saturated rings. The highest BCUT2D eigenvalue weighted by atomic mass is 32.2. The maximum atomic E-state index is 15.0.